The molecule has 0 aliphatic carbocycles. The molecule has 0 fully saturated rings. The van der Waals surface area contributed by atoms with Crippen LogP contribution in [0.15, 0.2) is 23.6 Å². The van der Waals surface area contributed by atoms with Gasteiger partial charge in [-0.15, -0.1) is 11.3 Å². The number of halogens is 2. The normalized spacial score (nSPS) is 10.2. The highest BCUT2D eigenvalue weighted by Gasteiger charge is 2.14. The number of benzene rings is 1. The van der Waals surface area contributed by atoms with Gasteiger partial charge in [0, 0.05) is 16.0 Å². The number of hydrogen-bond acceptors (Lipinski definition) is 2. The van der Waals surface area contributed by atoms with Crippen LogP contribution in [-0.4, -0.2) is 0 Å². The van der Waals surface area contributed by atoms with Gasteiger partial charge in [0.15, 0.2) is 11.6 Å². The zero-order chi connectivity index (χ0) is 12.4. The van der Waals surface area contributed by atoms with Crippen molar-refractivity contribution in [3.8, 4) is 17.2 Å². The second-order valence-corrected chi connectivity index (χ2v) is 4.80. The minimum absolute atomic E-state index is 0.0979. The van der Waals surface area contributed by atoms with E-state index >= 15 is 0 Å². The van der Waals surface area contributed by atoms with Crippen LogP contribution in [-0.2, 0) is 6.42 Å². The van der Waals surface area contributed by atoms with Crippen molar-refractivity contribution in [1.82, 2.24) is 0 Å². The van der Waals surface area contributed by atoms with Crippen LogP contribution in [0.2, 0.25) is 0 Å². The first-order chi connectivity index (χ1) is 8.13. The van der Waals surface area contributed by atoms with Crippen LogP contribution >= 0.6 is 11.3 Å². The van der Waals surface area contributed by atoms with E-state index in [1.807, 2.05) is 19.1 Å². The summed E-state index contributed by atoms with van der Waals surface area (Å²) < 4.78 is 27.4. The van der Waals surface area contributed by atoms with E-state index in [9.17, 15) is 8.78 Å². The topological polar surface area (TPSA) is 23.8 Å². The van der Waals surface area contributed by atoms with Crippen LogP contribution in [0.1, 0.15) is 10.4 Å². The molecule has 0 unspecified atom stereocenters. The van der Waals surface area contributed by atoms with Gasteiger partial charge in [-0.1, -0.05) is 12.1 Å². The molecule has 0 N–H and O–H groups in total. The quantitative estimate of drug-likeness (QED) is 0.787. The highest BCUT2D eigenvalue weighted by atomic mass is 32.1. The van der Waals surface area contributed by atoms with Gasteiger partial charge in [0.25, 0.3) is 0 Å². The zero-order valence-corrected chi connectivity index (χ0v) is 9.94. The molecule has 1 nitrogen and oxygen atoms in total. The minimum atomic E-state index is -0.923. The highest BCUT2D eigenvalue weighted by molar-refractivity contribution is 7.10. The summed E-state index contributed by atoms with van der Waals surface area (Å²) in [4.78, 5) is 1.04. The predicted molar refractivity (Wildman–Crippen MR) is 63.7 cm³/mol. The highest BCUT2D eigenvalue weighted by Crippen LogP contribution is 2.29. The van der Waals surface area contributed by atoms with E-state index in [0.29, 0.717) is 5.56 Å². The number of thiophene rings is 1. The molecule has 0 radical (unpaired) electrons. The summed E-state index contributed by atoms with van der Waals surface area (Å²) in [6.45, 7) is 1.91. The molecule has 0 aliphatic heterocycles. The number of rotatable bonds is 2. The molecule has 0 spiro atoms. The Labute approximate surface area is 102 Å². The fourth-order valence-corrected chi connectivity index (χ4v) is 2.32. The van der Waals surface area contributed by atoms with Crippen LogP contribution in [0.3, 0.4) is 0 Å². The molecule has 0 amide bonds. The predicted octanol–water partition coefficient (Wildman–Crippen LogP) is 4.07. The molecule has 1 aromatic heterocycles. The van der Waals surface area contributed by atoms with Gasteiger partial charge in [0.2, 0.25) is 0 Å². The average Bonchev–Trinajstić information content (AvgIpc) is 2.72. The maximum absolute atomic E-state index is 13.8. The van der Waals surface area contributed by atoms with Crippen LogP contribution < -0.4 is 0 Å². The van der Waals surface area contributed by atoms with Crippen molar-refractivity contribution in [2.45, 2.75) is 13.3 Å². The Bertz CT molecular complexity index is 596. The van der Waals surface area contributed by atoms with Gasteiger partial charge < -0.3 is 0 Å². The summed E-state index contributed by atoms with van der Waals surface area (Å²) >= 11 is 1.49. The summed E-state index contributed by atoms with van der Waals surface area (Å²) in [5.74, 6) is -1.80. The molecule has 17 heavy (non-hydrogen) atoms. The summed E-state index contributed by atoms with van der Waals surface area (Å²) in [7, 11) is 0. The fraction of sp³-hybridized carbons (Fsp3) is 0.154. The molecule has 1 aromatic carbocycles. The van der Waals surface area contributed by atoms with E-state index in [2.05, 4.69) is 0 Å². The first-order valence-electron chi connectivity index (χ1n) is 5.03. The average molecular weight is 249 g/mol. The van der Waals surface area contributed by atoms with Gasteiger partial charge in [-0.25, -0.2) is 8.78 Å². The molecular weight excluding hydrogens is 240 g/mol. The Morgan fingerprint density at radius 2 is 2.06 bits per heavy atom. The molecule has 86 valence electrons. The van der Waals surface area contributed by atoms with Crippen LogP contribution in [0.25, 0.3) is 11.1 Å². The molecule has 4 heteroatoms. The third kappa shape index (κ3) is 2.20. The van der Waals surface area contributed by atoms with E-state index in [4.69, 9.17) is 5.26 Å². The lowest BCUT2D eigenvalue weighted by atomic mass is 10.0. The molecule has 0 bridgehead atoms. The molecule has 0 atom stereocenters. The maximum atomic E-state index is 13.8. The molecule has 0 aliphatic rings. The minimum Gasteiger partial charge on any atom is -0.203 e. The monoisotopic (exact) mass is 249 g/mol. The Balaban J connectivity index is 2.51. The Morgan fingerprint density at radius 3 is 2.65 bits per heavy atom. The largest absolute Gasteiger partial charge is 0.203 e. The van der Waals surface area contributed by atoms with E-state index < -0.39 is 11.6 Å². The molecule has 0 saturated heterocycles. The van der Waals surface area contributed by atoms with Gasteiger partial charge >= 0.3 is 0 Å². The molecular formula is C13H9F2NS. The van der Waals surface area contributed by atoms with Gasteiger partial charge in [-0.05, 0) is 23.9 Å². The van der Waals surface area contributed by atoms with Gasteiger partial charge in [0.05, 0.1) is 12.5 Å². The Morgan fingerprint density at radius 1 is 1.29 bits per heavy atom. The van der Waals surface area contributed by atoms with E-state index in [0.717, 1.165) is 4.88 Å². The van der Waals surface area contributed by atoms with Crippen LogP contribution in [0.4, 0.5) is 8.78 Å². The Kier molecular flexibility index (Phi) is 3.21. The van der Waals surface area contributed by atoms with Crippen molar-refractivity contribution in [3.63, 3.8) is 0 Å². The van der Waals surface area contributed by atoms with E-state index in [1.165, 1.54) is 23.5 Å². The lowest BCUT2D eigenvalue weighted by Crippen LogP contribution is -1.95. The molecule has 2 aromatic rings. The standard InChI is InChI=1S/C13H9F2NS/c1-8-6-10(7-17-8)11-3-2-9(4-5-16)12(14)13(11)15/h2-3,6-7H,4H2,1H3. The van der Waals surface area contributed by atoms with Crippen molar-refractivity contribution in [2.75, 3.05) is 0 Å². The number of nitrogens with zero attached hydrogens (tertiary/aromatic N) is 1. The van der Waals surface area contributed by atoms with Gasteiger partial charge in [-0.2, -0.15) is 5.26 Å². The SMILES string of the molecule is Cc1cc(-c2ccc(CC#N)c(F)c2F)cs1. The summed E-state index contributed by atoms with van der Waals surface area (Å²) in [6, 6.07) is 6.61. The third-order valence-corrected chi connectivity index (χ3v) is 3.33. The van der Waals surface area contributed by atoms with Gasteiger partial charge in [-0.3, -0.25) is 0 Å². The van der Waals surface area contributed by atoms with E-state index in [1.54, 1.807) is 5.38 Å². The molecule has 0 saturated carbocycles. The zero-order valence-electron chi connectivity index (χ0n) is 9.13. The van der Waals surface area contributed by atoms with Crippen molar-refractivity contribution in [3.05, 3.63) is 45.7 Å². The van der Waals surface area contributed by atoms with E-state index in [-0.39, 0.29) is 17.5 Å². The van der Waals surface area contributed by atoms with Crippen LogP contribution in [0, 0.1) is 29.9 Å². The first-order valence-corrected chi connectivity index (χ1v) is 5.90. The summed E-state index contributed by atoms with van der Waals surface area (Å²) in [5.41, 5.74) is 1.02. The number of hydrogen-bond donors (Lipinski definition) is 0. The van der Waals surface area contributed by atoms with Crippen molar-refractivity contribution >= 4 is 11.3 Å². The van der Waals surface area contributed by atoms with Crippen molar-refractivity contribution in [2.24, 2.45) is 0 Å². The fourth-order valence-electron chi connectivity index (χ4n) is 1.62. The lowest BCUT2D eigenvalue weighted by molar-refractivity contribution is 0.504. The lowest BCUT2D eigenvalue weighted by Gasteiger charge is -2.04. The second kappa shape index (κ2) is 4.64. The van der Waals surface area contributed by atoms with Crippen LogP contribution in [0.5, 0.6) is 0 Å². The first kappa shape index (κ1) is 11.7. The van der Waals surface area contributed by atoms with Gasteiger partial charge in [0.1, 0.15) is 0 Å². The number of nitriles is 1. The maximum Gasteiger partial charge on any atom is 0.166 e. The molecule has 1 heterocycles. The smallest absolute Gasteiger partial charge is 0.166 e. The third-order valence-electron chi connectivity index (χ3n) is 2.47. The second-order valence-electron chi connectivity index (χ2n) is 3.68. The summed E-state index contributed by atoms with van der Waals surface area (Å²) in [5, 5.41) is 10.3. The van der Waals surface area contributed by atoms with Crippen molar-refractivity contribution in [1.29, 1.82) is 5.26 Å². The summed E-state index contributed by atoms with van der Waals surface area (Å²) in [6.07, 6.45) is -0.119. The Hall–Kier alpha value is -1.73. The van der Waals surface area contributed by atoms with Crippen molar-refractivity contribution < 1.29 is 8.78 Å². The molecule has 2 rings (SSSR count). The number of aryl methyl sites for hydroxylation is 1.